The number of amides is 2. The molecule has 122 valence electrons. The van der Waals surface area contributed by atoms with Crippen molar-refractivity contribution in [3.63, 3.8) is 0 Å². The van der Waals surface area contributed by atoms with Crippen LogP contribution >= 0.6 is 0 Å². The molecule has 0 bridgehead atoms. The lowest BCUT2D eigenvalue weighted by molar-refractivity contribution is -0.131. The van der Waals surface area contributed by atoms with Gasteiger partial charge in [0.25, 0.3) is 5.91 Å². The Morgan fingerprint density at radius 2 is 2.17 bits per heavy atom. The van der Waals surface area contributed by atoms with Gasteiger partial charge in [-0.2, -0.15) is 0 Å². The van der Waals surface area contributed by atoms with Crippen LogP contribution in [-0.2, 0) is 4.79 Å². The van der Waals surface area contributed by atoms with E-state index in [1.165, 1.54) is 12.4 Å². The number of hydrogen-bond acceptors (Lipinski definition) is 4. The van der Waals surface area contributed by atoms with Gasteiger partial charge in [0.2, 0.25) is 5.91 Å². The van der Waals surface area contributed by atoms with E-state index in [9.17, 15) is 9.59 Å². The van der Waals surface area contributed by atoms with E-state index in [0.717, 1.165) is 32.1 Å². The van der Waals surface area contributed by atoms with E-state index in [1.54, 1.807) is 12.3 Å². The number of rotatable bonds is 4. The Bertz CT molecular complexity index is 594. The van der Waals surface area contributed by atoms with Gasteiger partial charge >= 0.3 is 0 Å². The summed E-state index contributed by atoms with van der Waals surface area (Å²) in [6.45, 7) is 4.38. The summed E-state index contributed by atoms with van der Waals surface area (Å²) in [5.74, 6) is 0.0523. The number of aromatic nitrogens is 2. The Kier molecular flexibility index (Phi) is 4.41. The van der Waals surface area contributed by atoms with Gasteiger partial charge in [0, 0.05) is 36.9 Å². The summed E-state index contributed by atoms with van der Waals surface area (Å²) in [7, 11) is 0. The number of nitrogens with zero attached hydrogens (tertiary/aromatic N) is 3. The number of likely N-dealkylation sites (tertiary alicyclic amines) is 1. The van der Waals surface area contributed by atoms with E-state index in [-0.39, 0.29) is 23.4 Å². The van der Waals surface area contributed by atoms with Gasteiger partial charge in [-0.15, -0.1) is 6.58 Å². The lowest BCUT2D eigenvalue weighted by atomic mass is 9.77. The topological polar surface area (TPSA) is 75.2 Å². The van der Waals surface area contributed by atoms with Gasteiger partial charge in [-0.25, -0.2) is 4.98 Å². The fourth-order valence-electron chi connectivity index (χ4n) is 3.79. The van der Waals surface area contributed by atoms with Crippen molar-refractivity contribution in [1.29, 1.82) is 0 Å². The molecule has 1 aliphatic heterocycles. The molecule has 3 rings (SSSR count). The Morgan fingerprint density at radius 3 is 2.83 bits per heavy atom. The Labute approximate surface area is 136 Å². The second kappa shape index (κ2) is 6.48. The molecule has 0 unspecified atom stereocenters. The number of hydrogen-bond donors (Lipinski definition) is 1. The van der Waals surface area contributed by atoms with Crippen molar-refractivity contribution in [1.82, 2.24) is 20.2 Å². The summed E-state index contributed by atoms with van der Waals surface area (Å²) >= 11 is 0. The third kappa shape index (κ3) is 3.11. The van der Waals surface area contributed by atoms with E-state index < -0.39 is 0 Å². The predicted molar refractivity (Wildman–Crippen MR) is 85.6 cm³/mol. The highest BCUT2D eigenvalue weighted by molar-refractivity contribution is 5.92. The zero-order valence-corrected chi connectivity index (χ0v) is 13.2. The summed E-state index contributed by atoms with van der Waals surface area (Å²) in [4.78, 5) is 34.2. The molecule has 1 aliphatic carbocycles. The predicted octanol–water partition coefficient (Wildman–Crippen LogP) is 1.70. The van der Waals surface area contributed by atoms with Crippen molar-refractivity contribution in [2.75, 3.05) is 6.54 Å². The molecule has 23 heavy (non-hydrogen) atoms. The van der Waals surface area contributed by atoms with Crippen LogP contribution in [0.2, 0.25) is 0 Å². The molecule has 6 nitrogen and oxygen atoms in total. The lowest BCUT2D eigenvalue weighted by Gasteiger charge is -2.43. The molecule has 1 N–H and O–H groups in total. The zero-order valence-electron chi connectivity index (χ0n) is 13.2. The van der Waals surface area contributed by atoms with Crippen LogP contribution in [0.1, 0.15) is 49.0 Å². The van der Waals surface area contributed by atoms with Crippen LogP contribution in [0.15, 0.2) is 31.2 Å². The van der Waals surface area contributed by atoms with E-state index >= 15 is 0 Å². The standard InChI is InChI=1S/C17H22N4O2/c1-2-11-21-15(22)5-8-17(21)6-3-13(4-7-17)20-16(23)14-12-18-9-10-19-14/h2,9-10,12-13H,1,3-8,11H2,(H,20,23). The van der Waals surface area contributed by atoms with Gasteiger partial charge in [0.1, 0.15) is 5.69 Å². The fourth-order valence-corrected chi connectivity index (χ4v) is 3.79. The minimum atomic E-state index is -0.176. The van der Waals surface area contributed by atoms with Crippen molar-refractivity contribution < 1.29 is 9.59 Å². The maximum atomic E-state index is 12.2. The van der Waals surface area contributed by atoms with E-state index in [1.807, 2.05) is 4.90 Å². The minimum Gasteiger partial charge on any atom is -0.348 e. The van der Waals surface area contributed by atoms with Crippen LogP contribution in [0.3, 0.4) is 0 Å². The first-order chi connectivity index (χ1) is 11.1. The second-order valence-electron chi connectivity index (χ2n) is 6.36. The maximum absolute atomic E-state index is 12.2. The Hall–Kier alpha value is -2.24. The highest BCUT2D eigenvalue weighted by atomic mass is 16.2. The minimum absolute atomic E-state index is 0.0287. The molecule has 2 fully saturated rings. The molecule has 1 aromatic heterocycles. The molecule has 2 amide bonds. The molecule has 0 atom stereocenters. The highest BCUT2D eigenvalue weighted by Gasteiger charge is 2.46. The number of nitrogens with one attached hydrogen (secondary N) is 1. The molecule has 1 aromatic rings. The SMILES string of the molecule is C=CCN1C(=O)CCC12CCC(NC(=O)c1cnccn1)CC2. The van der Waals surface area contributed by atoms with Crippen molar-refractivity contribution in [3.8, 4) is 0 Å². The summed E-state index contributed by atoms with van der Waals surface area (Å²) in [5.41, 5.74) is 0.316. The molecule has 2 aliphatic rings. The molecular weight excluding hydrogens is 292 g/mol. The summed E-state index contributed by atoms with van der Waals surface area (Å²) in [6, 6.07) is 0.136. The molecule has 1 saturated heterocycles. The average molecular weight is 314 g/mol. The van der Waals surface area contributed by atoms with Crippen LogP contribution < -0.4 is 5.32 Å². The normalized spacial score (nSPS) is 27.2. The first kappa shape index (κ1) is 15.6. The molecule has 2 heterocycles. The summed E-state index contributed by atoms with van der Waals surface area (Å²) in [6.07, 6.45) is 11.5. The number of carbonyl (C=O) groups is 2. The van der Waals surface area contributed by atoms with Gasteiger partial charge in [-0.05, 0) is 32.1 Å². The zero-order chi connectivity index (χ0) is 16.3. The smallest absolute Gasteiger partial charge is 0.271 e. The first-order valence-electron chi connectivity index (χ1n) is 8.13. The van der Waals surface area contributed by atoms with Crippen LogP contribution in [0.4, 0.5) is 0 Å². The van der Waals surface area contributed by atoms with Crippen molar-refractivity contribution in [3.05, 3.63) is 36.9 Å². The average Bonchev–Trinajstić information content (AvgIpc) is 2.88. The third-order valence-electron chi connectivity index (χ3n) is 5.04. The quantitative estimate of drug-likeness (QED) is 0.858. The van der Waals surface area contributed by atoms with Gasteiger partial charge in [-0.1, -0.05) is 6.08 Å². The Morgan fingerprint density at radius 1 is 1.39 bits per heavy atom. The highest BCUT2D eigenvalue weighted by Crippen LogP contribution is 2.42. The lowest BCUT2D eigenvalue weighted by Crippen LogP contribution is -2.51. The van der Waals surface area contributed by atoms with Crippen molar-refractivity contribution >= 4 is 11.8 Å². The number of carbonyl (C=O) groups excluding carboxylic acids is 2. The summed E-state index contributed by atoms with van der Waals surface area (Å²) < 4.78 is 0. The third-order valence-corrected chi connectivity index (χ3v) is 5.04. The van der Waals surface area contributed by atoms with E-state index in [0.29, 0.717) is 18.7 Å². The van der Waals surface area contributed by atoms with Gasteiger partial charge in [-0.3, -0.25) is 14.6 Å². The second-order valence-corrected chi connectivity index (χ2v) is 6.36. The van der Waals surface area contributed by atoms with E-state index in [2.05, 4.69) is 21.9 Å². The van der Waals surface area contributed by atoms with Crippen LogP contribution in [0.5, 0.6) is 0 Å². The van der Waals surface area contributed by atoms with Crippen LogP contribution in [0, 0.1) is 0 Å². The largest absolute Gasteiger partial charge is 0.348 e. The van der Waals surface area contributed by atoms with Crippen LogP contribution in [0.25, 0.3) is 0 Å². The monoisotopic (exact) mass is 314 g/mol. The van der Waals surface area contributed by atoms with Crippen molar-refractivity contribution in [2.24, 2.45) is 0 Å². The Balaban J connectivity index is 1.59. The van der Waals surface area contributed by atoms with E-state index in [4.69, 9.17) is 0 Å². The van der Waals surface area contributed by atoms with Crippen molar-refractivity contribution in [2.45, 2.75) is 50.1 Å². The molecule has 0 radical (unpaired) electrons. The van der Waals surface area contributed by atoms with Gasteiger partial charge in [0.05, 0.1) is 6.20 Å². The van der Waals surface area contributed by atoms with Gasteiger partial charge < -0.3 is 10.2 Å². The molecule has 1 spiro atoms. The van der Waals surface area contributed by atoms with Crippen LogP contribution in [-0.4, -0.2) is 44.8 Å². The molecular formula is C17H22N4O2. The maximum Gasteiger partial charge on any atom is 0.271 e. The van der Waals surface area contributed by atoms with Gasteiger partial charge in [0.15, 0.2) is 0 Å². The summed E-state index contributed by atoms with van der Waals surface area (Å²) in [5, 5.41) is 3.03. The molecule has 6 heteroatoms. The molecule has 0 aromatic carbocycles. The molecule has 1 saturated carbocycles. The first-order valence-corrected chi connectivity index (χ1v) is 8.13. The fraction of sp³-hybridized carbons (Fsp3) is 0.529.